The summed E-state index contributed by atoms with van der Waals surface area (Å²) in [6.07, 6.45) is 5.31. The van der Waals surface area contributed by atoms with Gasteiger partial charge in [0.15, 0.2) is 0 Å². The van der Waals surface area contributed by atoms with Crippen LogP contribution in [-0.2, 0) is 4.79 Å². The first kappa shape index (κ1) is 15.4. The van der Waals surface area contributed by atoms with E-state index in [1.54, 1.807) is 11.8 Å². The van der Waals surface area contributed by atoms with E-state index in [0.717, 1.165) is 19.3 Å². The summed E-state index contributed by atoms with van der Waals surface area (Å²) in [5.74, 6) is 0.226. The van der Waals surface area contributed by atoms with Crippen LogP contribution in [0.25, 0.3) is 0 Å². The first-order valence-corrected chi connectivity index (χ1v) is 8.62. The van der Waals surface area contributed by atoms with Gasteiger partial charge >= 0.3 is 0 Å². The number of thioether (sulfide) groups is 1. The molecule has 0 radical (unpaired) electrons. The molecule has 3 nitrogen and oxygen atoms in total. The van der Waals surface area contributed by atoms with Gasteiger partial charge in [0, 0.05) is 10.9 Å². The molecule has 0 saturated carbocycles. The van der Waals surface area contributed by atoms with Crippen LogP contribution in [0.15, 0.2) is 29.2 Å². The molecule has 0 aliphatic carbocycles. The highest BCUT2D eigenvalue weighted by Gasteiger charge is 2.35. The van der Waals surface area contributed by atoms with Gasteiger partial charge in [0.05, 0.1) is 6.54 Å². The molecule has 1 saturated heterocycles. The van der Waals surface area contributed by atoms with Crippen molar-refractivity contribution in [1.29, 1.82) is 0 Å². The second kappa shape index (κ2) is 7.14. The molecule has 1 aromatic carbocycles. The van der Waals surface area contributed by atoms with Gasteiger partial charge in [-0.2, -0.15) is 0 Å². The van der Waals surface area contributed by atoms with Crippen LogP contribution in [0.4, 0.5) is 0 Å². The second-order valence-corrected chi connectivity index (χ2v) is 6.09. The summed E-state index contributed by atoms with van der Waals surface area (Å²) in [4.78, 5) is 15.5. The van der Waals surface area contributed by atoms with E-state index in [-0.39, 0.29) is 12.1 Å². The van der Waals surface area contributed by atoms with Crippen molar-refractivity contribution >= 4 is 17.7 Å². The highest BCUT2D eigenvalue weighted by atomic mass is 32.2. The minimum absolute atomic E-state index is 0.0370. The van der Waals surface area contributed by atoms with E-state index in [0.29, 0.717) is 12.6 Å². The van der Waals surface area contributed by atoms with E-state index in [4.69, 9.17) is 0 Å². The van der Waals surface area contributed by atoms with Crippen molar-refractivity contribution in [3.05, 3.63) is 29.8 Å². The lowest BCUT2D eigenvalue weighted by Crippen LogP contribution is -2.39. The molecule has 0 bridgehead atoms. The Balaban J connectivity index is 2.21. The molecule has 1 N–H and O–H groups in total. The fraction of sp³-hybridized carbons (Fsp3) is 0.562. The van der Waals surface area contributed by atoms with Gasteiger partial charge in [-0.05, 0) is 36.8 Å². The zero-order valence-electron chi connectivity index (χ0n) is 12.6. The summed E-state index contributed by atoms with van der Waals surface area (Å²) in [7, 11) is 0. The van der Waals surface area contributed by atoms with Crippen molar-refractivity contribution in [1.82, 2.24) is 10.2 Å². The Bertz CT molecular complexity index is 446. The Labute approximate surface area is 126 Å². The van der Waals surface area contributed by atoms with Crippen molar-refractivity contribution < 1.29 is 4.79 Å². The van der Waals surface area contributed by atoms with E-state index in [1.165, 1.54) is 10.5 Å². The lowest BCUT2D eigenvalue weighted by Gasteiger charge is -2.32. The van der Waals surface area contributed by atoms with Gasteiger partial charge in [-0.1, -0.05) is 32.4 Å². The van der Waals surface area contributed by atoms with Gasteiger partial charge in [-0.3, -0.25) is 10.1 Å². The monoisotopic (exact) mass is 292 g/mol. The lowest BCUT2D eigenvalue weighted by molar-refractivity contribution is -0.130. The minimum atomic E-state index is 0.0370. The van der Waals surface area contributed by atoms with Gasteiger partial charge in [0.2, 0.25) is 5.91 Å². The molecule has 1 aromatic rings. The number of carbonyl (C=O) groups is 1. The van der Waals surface area contributed by atoms with Gasteiger partial charge in [-0.15, -0.1) is 11.8 Å². The van der Waals surface area contributed by atoms with Crippen molar-refractivity contribution in [3.63, 3.8) is 0 Å². The van der Waals surface area contributed by atoms with Gasteiger partial charge in [0.25, 0.3) is 0 Å². The smallest absolute Gasteiger partial charge is 0.238 e. The van der Waals surface area contributed by atoms with Gasteiger partial charge in [-0.25, -0.2) is 0 Å². The Kier molecular flexibility index (Phi) is 5.49. The highest BCUT2D eigenvalue weighted by molar-refractivity contribution is 7.98. The zero-order chi connectivity index (χ0) is 14.5. The van der Waals surface area contributed by atoms with Crippen LogP contribution < -0.4 is 5.32 Å². The predicted octanol–water partition coefficient (Wildman–Crippen LogP) is 3.42. The molecule has 2 rings (SSSR count). The first-order valence-electron chi connectivity index (χ1n) is 7.39. The first-order chi connectivity index (χ1) is 9.71. The molecule has 1 fully saturated rings. The van der Waals surface area contributed by atoms with E-state index < -0.39 is 0 Å². The van der Waals surface area contributed by atoms with Crippen molar-refractivity contribution in [2.45, 2.75) is 50.2 Å². The topological polar surface area (TPSA) is 32.3 Å². The number of benzene rings is 1. The van der Waals surface area contributed by atoms with Crippen LogP contribution in [0.2, 0.25) is 0 Å². The van der Waals surface area contributed by atoms with E-state index in [2.05, 4.69) is 54.6 Å². The maximum Gasteiger partial charge on any atom is 0.238 e. The van der Waals surface area contributed by atoms with Crippen LogP contribution in [0.5, 0.6) is 0 Å². The molecule has 2 unspecified atom stereocenters. The van der Waals surface area contributed by atoms with E-state index in [1.807, 2.05) is 0 Å². The van der Waals surface area contributed by atoms with Crippen molar-refractivity contribution in [2.24, 2.45) is 0 Å². The largest absolute Gasteiger partial charge is 0.319 e. The number of nitrogens with zero attached hydrogens (tertiary/aromatic N) is 1. The molecule has 4 heteroatoms. The van der Waals surface area contributed by atoms with Crippen molar-refractivity contribution in [2.75, 3.05) is 12.8 Å². The summed E-state index contributed by atoms with van der Waals surface area (Å²) in [5.41, 5.74) is 1.18. The molecule has 20 heavy (non-hydrogen) atoms. The normalized spacial score (nSPS) is 20.4. The molecule has 2 atom stereocenters. The number of nitrogens with one attached hydrogen (secondary N) is 1. The Morgan fingerprint density at radius 3 is 2.60 bits per heavy atom. The number of hydrogen-bond donors (Lipinski definition) is 1. The Morgan fingerprint density at radius 1 is 1.35 bits per heavy atom. The van der Waals surface area contributed by atoms with Gasteiger partial charge < -0.3 is 4.90 Å². The van der Waals surface area contributed by atoms with Crippen molar-refractivity contribution in [3.8, 4) is 0 Å². The SMILES string of the molecule is CCCC(CC)N1C(=O)CNC1c1ccc(SC)cc1. The maximum absolute atomic E-state index is 12.2. The standard InChI is InChI=1S/C16H24N2OS/c1-4-6-13(5-2)18-15(19)11-17-16(18)12-7-9-14(20-3)10-8-12/h7-10,13,16-17H,4-6,11H2,1-3H3. The summed E-state index contributed by atoms with van der Waals surface area (Å²) in [6, 6.07) is 8.86. The van der Waals surface area contributed by atoms with Crippen LogP contribution in [0, 0.1) is 0 Å². The fourth-order valence-corrected chi connectivity index (χ4v) is 3.28. The minimum Gasteiger partial charge on any atom is -0.319 e. The van der Waals surface area contributed by atoms with Crippen LogP contribution >= 0.6 is 11.8 Å². The van der Waals surface area contributed by atoms with Gasteiger partial charge in [0.1, 0.15) is 6.17 Å². The fourth-order valence-electron chi connectivity index (χ4n) is 2.87. The molecule has 0 spiro atoms. The number of rotatable bonds is 6. The van der Waals surface area contributed by atoms with E-state index in [9.17, 15) is 4.79 Å². The molecular formula is C16H24N2OS. The van der Waals surface area contributed by atoms with Crippen LogP contribution in [-0.4, -0.2) is 29.6 Å². The average molecular weight is 292 g/mol. The molecular weight excluding hydrogens is 268 g/mol. The molecule has 0 aromatic heterocycles. The summed E-state index contributed by atoms with van der Waals surface area (Å²) in [6.45, 7) is 4.80. The molecule has 1 heterocycles. The summed E-state index contributed by atoms with van der Waals surface area (Å²) in [5, 5.41) is 3.35. The van der Waals surface area contributed by atoms with Crippen LogP contribution in [0.3, 0.4) is 0 Å². The predicted molar refractivity (Wildman–Crippen MR) is 84.8 cm³/mol. The zero-order valence-corrected chi connectivity index (χ0v) is 13.4. The number of hydrogen-bond acceptors (Lipinski definition) is 3. The molecule has 1 aliphatic heterocycles. The quantitative estimate of drug-likeness (QED) is 0.815. The van der Waals surface area contributed by atoms with E-state index >= 15 is 0 Å². The molecule has 1 amide bonds. The lowest BCUT2D eigenvalue weighted by atomic mass is 10.0. The summed E-state index contributed by atoms with van der Waals surface area (Å²) < 4.78 is 0. The molecule has 110 valence electrons. The highest BCUT2D eigenvalue weighted by Crippen LogP contribution is 2.29. The average Bonchev–Trinajstić information content (AvgIpc) is 2.86. The Morgan fingerprint density at radius 2 is 2.05 bits per heavy atom. The third kappa shape index (κ3) is 3.18. The Hall–Kier alpha value is -1.00. The third-order valence-electron chi connectivity index (χ3n) is 3.93. The third-order valence-corrected chi connectivity index (χ3v) is 4.67. The summed E-state index contributed by atoms with van der Waals surface area (Å²) >= 11 is 1.74. The maximum atomic E-state index is 12.2. The second-order valence-electron chi connectivity index (χ2n) is 5.21. The molecule has 1 aliphatic rings. The van der Waals surface area contributed by atoms with Crippen LogP contribution in [0.1, 0.15) is 44.8 Å². The number of amides is 1. The number of carbonyl (C=O) groups excluding carboxylic acids is 1.